The van der Waals surface area contributed by atoms with Crippen molar-refractivity contribution in [3.63, 3.8) is 0 Å². The molecule has 7 heteroatoms. The minimum Gasteiger partial charge on any atom is -0.466 e. The van der Waals surface area contributed by atoms with Gasteiger partial charge in [0.25, 0.3) is 0 Å². The van der Waals surface area contributed by atoms with Crippen molar-refractivity contribution < 1.29 is 17.9 Å². The molecule has 18 heavy (non-hydrogen) atoms. The van der Waals surface area contributed by atoms with Crippen LogP contribution in [-0.4, -0.2) is 28.0 Å². The van der Waals surface area contributed by atoms with E-state index in [1.807, 2.05) is 0 Å². The number of esters is 1. The number of nitrogens with one attached hydrogen (secondary N) is 1. The maximum atomic E-state index is 11.8. The second-order valence-corrected chi connectivity index (χ2v) is 6.22. The summed E-state index contributed by atoms with van der Waals surface area (Å²) in [6.45, 7) is 1.45. The average Bonchev–Trinajstić information content (AvgIpc) is 2.30. The molecule has 1 aromatic carbocycles. The number of halogens is 1. The Kier molecular flexibility index (Phi) is 5.30. The molecule has 0 aliphatic rings. The van der Waals surface area contributed by atoms with Crippen LogP contribution in [0.25, 0.3) is 0 Å². The van der Waals surface area contributed by atoms with Gasteiger partial charge in [0.2, 0.25) is 10.0 Å². The van der Waals surface area contributed by atoms with E-state index in [0.717, 1.165) is 0 Å². The fraction of sp³-hybridized carbons (Fsp3) is 0.364. The van der Waals surface area contributed by atoms with E-state index in [0.29, 0.717) is 16.5 Å². The van der Waals surface area contributed by atoms with Crippen molar-refractivity contribution in [3.05, 3.63) is 28.2 Å². The highest BCUT2D eigenvalue weighted by Gasteiger charge is 2.18. The molecular formula is C11H14BrNO4S. The fourth-order valence-corrected chi connectivity index (χ4v) is 3.15. The lowest BCUT2D eigenvalue weighted by atomic mass is 10.2. The first-order valence-electron chi connectivity index (χ1n) is 5.23. The maximum Gasteiger partial charge on any atom is 0.302 e. The van der Waals surface area contributed by atoms with Gasteiger partial charge in [0.15, 0.2) is 0 Å². The second kappa shape index (κ2) is 6.31. The Morgan fingerprint density at radius 3 is 2.67 bits per heavy atom. The molecule has 0 saturated heterocycles. The average molecular weight is 336 g/mol. The second-order valence-electron chi connectivity index (χ2n) is 3.51. The molecule has 0 aliphatic heterocycles. The summed E-state index contributed by atoms with van der Waals surface area (Å²) >= 11 is 3.30. The van der Waals surface area contributed by atoms with E-state index in [1.54, 1.807) is 12.1 Å². The zero-order chi connectivity index (χ0) is 13.8. The van der Waals surface area contributed by atoms with E-state index < -0.39 is 10.0 Å². The first-order chi connectivity index (χ1) is 8.38. The highest BCUT2D eigenvalue weighted by molar-refractivity contribution is 9.10. The third-order valence-corrected chi connectivity index (χ3v) is 4.53. The van der Waals surface area contributed by atoms with Crippen molar-refractivity contribution in [3.8, 4) is 0 Å². The Morgan fingerprint density at radius 1 is 1.44 bits per heavy atom. The number of benzene rings is 1. The van der Waals surface area contributed by atoms with Crippen LogP contribution in [0, 0.1) is 0 Å². The van der Waals surface area contributed by atoms with Gasteiger partial charge in [-0.05, 0) is 24.7 Å². The van der Waals surface area contributed by atoms with Crippen LogP contribution in [0.1, 0.15) is 12.5 Å². The maximum absolute atomic E-state index is 11.8. The molecule has 1 rings (SSSR count). The van der Waals surface area contributed by atoms with Gasteiger partial charge in [-0.1, -0.05) is 22.0 Å². The van der Waals surface area contributed by atoms with Crippen molar-refractivity contribution in [1.29, 1.82) is 0 Å². The first kappa shape index (κ1) is 15.1. The van der Waals surface area contributed by atoms with Gasteiger partial charge in [0, 0.05) is 17.8 Å². The molecule has 0 atom stereocenters. The summed E-state index contributed by atoms with van der Waals surface area (Å²) in [7, 11) is -2.17. The van der Waals surface area contributed by atoms with E-state index in [2.05, 4.69) is 20.7 Å². The predicted molar refractivity (Wildman–Crippen MR) is 70.7 cm³/mol. The smallest absolute Gasteiger partial charge is 0.302 e. The zero-order valence-corrected chi connectivity index (χ0v) is 12.5. The summed E-state index contributed by atoms with van der Waals surface area (Å²) < 4.78 is 31.4. The van der Waals surface area contributed by atoms with Crippen LogP contribution >= 0.6 is 15.9 Å². The van der Waals surface area contributed by atoms with Crippen LogP contribution in [0.4, 0.5) is 0 Å². The molecule has 0 aliphatic carbocycles. The van der Waals surface area contributed by atoms with E-state index in [1.165, 1.54) is 20.0 Å². The Hall–Kier alpha value is -0.920. The minimum absolute atomic E-state index is 0.143. The number of hydrogen-bond acceptors (Lipinski definition) is 4. The fourth-order valence-electron chi connectivity index (χ4n) is 1.44. The van der Waals surface area contributed by atoms with Gasteiger partial charge >= 0.3 is 5.97 Å². The molecule has 0 amide bonds. The normalized spacial score (nSPS) is 11.3. The van der Waals surface area contributed by atoms with Crippen LogP contribution in [0.5, 0.6) is 0 Å². The van der Waals surface area contributed by atoms with E-state index in [9.17, 15) is 13.2 Å². The van der Waals surface area contributed by atoms with Crippen molar-refractivity contribution in [2.45, 2.75) is 18.2 Å². The Morgan fingerprint density at radius 2 is 2.11 bits per heavy atom. The number of hydrogen-bond donors (Lipinski definition) is 1. The topological polar surface area (TPSA) is 72.5 Å². The molecule has 0 radical (unpaired) electrons. The summed E-state index contributed by atoms with van der Waals surface area (Å²) in [5, 5.41) is 0. The monoisotopic (exact) mass is 335 g/mol. The molecular weight excluding hydrogens is 322 g/mol. The zero-order valence-electron chi connectivity index (χ0n) is 10.1. The highest BCUT2D eigenvalue weighted by atomic mass is 79.9. The Labute approximate surface area is 115 Å². The number of carbonyl (C=O) groups is 1. The molecule has 100 valence electrons. The van der Waals surface area contributed by atoms with Gasteiger partial charge in [-0.15, -0.1) is 0 Å². The van der Waals surface area contributed by atoms with Crippen LogP contribution in [-0.2, 0) is 26.0 Å². The summed E-state index contributed by atoms with van der Waals surface area (Å²) in [5.74, 6) is -0.389. The molecule has 5 nitrogen and oxygen atoms in total. The van der Waals surface area contributed by atoms with Gasteiger partial charge < -0.3 is 4.74 Å². The number of carbonyl (C=O) groups excluding carboxylic acids is 1. The summed E-state index contributed by atoms with van der Waals surface area (Å²) in [4.78, 5) is 10.9. The van der Waals surface area contributed by atoms with Crippen LogP contribution in [0.2, 0.25) is 0 Å². The van der Waals surface area contributed by atoms with Gasteiger partial charge in [0.05, 0.1) is 11.5 Å². The van der Waals surface area contributed by atoms with Crippen molar-refractivity contribution >= 4 is 31.9 Å². The lowest BCUT2D eigenvalue weighted by Crippen LogP contribution is -2.21. The molecule has 0 heterocycles. The van der Waals surface area contributed by atoms with E-state index >= 15 is 0 Å². The highest BCUT2D eigenvalue weighted by Crippen LogP contribution is 2.24. The van der Waals surface area contributed by atoms with Gasteiger partial charge in [-0.3, -0.25) is 4.79 Å². The number of rotatable bonds is 5. The molecule has 0 saturated carbocycles. The van der Waals surface area contributed by atoms with E-state index in [-0.39, 0.29) is 17.5 Å². The molecule has 0 unspecified atom stereocenters. The first-order valence-corrected chi connectivity index (χ1v) is 7.50. The van der Waals surface area contributed by atoms with Crippen LogP contribution in [0.3, 0.4) is 0 Å². The van der Waals surface area contributed by atoms with Crippen LogP contribution < -0.4 is 4.72 Å². The summed E-state index contributed by atoms with van der Waals surface area (Å²) in [5.41, 5.74) is 0.591. The van der Waals surface area contributed by atoms with Crippen molar-refractivity contribution in [2.75, 3.05) is 13.7 Å². The standard InChI is InChI=1S/C11H14BrNO4S/c1-8(14)17-7-6-9-10(12)4-3-5-11(9)18(15,16)13-2/h3-5,13H,6-7H2,1-2H3. The van der Waals surface area contributed by atoms with Gasteiger partial charge in [0.1, 0.15) is 0 Å². The summed E-state index contributed by atoms with van der Waals surface area (Å²) in [6.07, 6.45) is 0.331. The third kappa shape index (κ3) is 3.79. The van der Waals surface area contributed by atoms with Crippen molar-refractivity contribution in [2.24, 2.45) is 0 Å². The van der Waals surface area contributed by atoms with Gasteiger partial charge in [-0.2, -0.15) is 0 Å². The minimum atomic E-state index is -3.52. The molecule has 0 fully saturated rings. The SMILES string of the molecule is CNS(=O)(=O)c1cccc(Br)c1CCOC(C)=O. The molecule has 1 N–H and O–H groups in total. The quantitative estimate of drug-likeness (QED) is 0.827. The van der Waals surface area contributed by atoms with Crippen LogP contribution in [0.15, 0.2) is 27.6 Å². The number of sulfonamides is 1. The van der Waals surface area contributed by atoms with E-state index in [4.69, 9.17) is 4.74 Å². The largest absolute Gasteiger partial charge is 0.466 e. The van der Waals surface area contributed by atoms with Crippen molar-refractivity contribution in [1.82, 2.24) is 4.72 Å². The lowest BCUT2D eigenvalue weighted by Gasteiger charge is -2.11. The predicted octanol–water partition coefficient (Wildman–Crippen LogP) is 1.46. The molecule has 1 aromatic rings. The molecule has 0 bridgehead atoms. The summed E-state index contributed by atoms with van der Waals surface area (Å²) in [6, 6.07) is 4.90. The third-order valence-electron chi connectivity index (χ3n) is 2.29. The lowest BCUT2D eigenvalue weighted by molar-refractivity contribution is -0.140. The Bertz CT molecular complexity index is 542. The molecule has 0 spiro atoms. The van der Waals surface area contributed by atoms with Gasteiger partial charge in [-0.25, -0.2) is 13.1 Å². The Balaban J connectivity index is 3.06. The number of ether oxygens (including phenoxy) is 1. The molecule has 0 aromatic heterocycles.